The average molecular weight is 253 g/mol. The maximum absolute atomic E-state index is 13.6. The lowest BCUT2D eigenvalue weighted by Crippen LogP contribution is -2.17. The lowest BCUT2D eigenvalue weighted by atomic mass is 10.1. The summed E-state index contributed by atoms with van der Waals surface area (Å²) < 4.78 is 27.3. The van der Waals surface area contributed by atoms with Crippen LogP contribution in [-0.4, -0.2) is 28.5 Å². The molecule has 0 aliphatic heterocycles. The summed E-state index contributed by atoms with van der Waals surface area (Å²) in [5.41, 5.74) is 0.847. The molecule has 4 nitrogen and oxygen atoms in total. The Morgan fingerprint density at radius 1 is 1.28 bits per heavy atom. The van der Waals surface area contributed by atoms with Crippen LogP contribution < -0.4 is 5.32 Å². The predicted molar refractivity (Wildman–Crippen MR) is 62.7 cm³/mol. The molecule has 0 atom stereocenters. The molecule has 0 saturated heterocycles. The number of aliphatic hydroxyl groups is 1. The van der Waals surface area contributed by atoms with Crippen molar-refractivity contribution in [1.29, 1.82) is 0 Å². The van der Waals surface area contributed by atoms with Gasteiger partial charge in [-0.05, 0) is 12.1 Å². The van der Waals surface area contributed by atoms with Crippen molar-refractivity contribution in [2.24, 2.45) is 0 Å². The number of hydrogen-bond acceptors (Lipinski definition) is 3. The van der Waals surface area contributed by atoms with E-state index in [4.69, 9.17) is 5.11 Å². The highest BCUT2D eigenvalue weighted by Gasteiger charge is 2.16. The molecule has 18 heavy (non-hydrogen) atoms. The van der Waals surface area contributed by atoms with Gasteiger partial charge in [0.2, 0.25) is 0 Å². The Morgan fingerprint density at radius 3 is 2.67 bits per heavy atom. The highest BCUT2D eigenvalue weighted by atomic mass is 19.1. The number of halogens is 2. The van der Waals surface area contributed by atoms with Gasteiger partial charge in [-0.2, -0.15) is 5.10 Å². The minimum Gasteiger partial charge on any atom is -0.395 e. The third-order valence-corrected chi connectivity index (χ3v) is 2.53. The first kappa shape index (κ1) is 12.7. The van der Waals surface area contributed by atoms with Crippen LogP contribution >= 0.6 is 0 Å². The lowest BCUT2D eigenvalue weighted by molar-refractivity contribution is 0.292. The van der Waals surface area contributed by atoms with Crippen LogP contribution in [0.3, 0.4) is 0 Å². The smallest absolute Gasteiger partial charge is 0.135 e. The van der Waals surface area contributed by atoms with E-state index in [0.29, 0.717) is 24.3 Å². The van der Waals surface area contributed by atoms with Gasteiger partial charge < -0.3 is 10.4 Å². The normalized spacial score (nSPS) is 10.8. The van der Waals surface area contributed by atoms with Gasteiger partial charge in [0, 0.05) is 18.7 Å². The number of aliphatic hydroxyl groups excluding tert-OH is 1. The molecular formula is C12H13F2N3O. The summed E-state index contributed by atoms with van der Waals surface area (Å²) in [6, 6.07) is 3.71. The Kier molecular flexibility index (Phi) is 4.01. The van der Waals surface area contributed by atoms with Crippen molar-refractivity contribution in [3.05, 3.63) is 41.6 Å². The summed E-state index contributed by atoms with van der Waals surface area (Å²) in [7, 11) is 0. The third-order valence-electron chi connectivity index (χ3n) is 2.53. The molecule has 0 amide bonds. The molecule has 0 spiro atoms. The molecule has 0 saturated carbocycles. The topological polar surface area (TPSA) is 60.9 Å². The van der Waals surface area contributed by atoms with Gasteiger partial charge >= 0.3 is 0 Å². The Labute approximate surface area is 103 Å². The van der Waals surface area contributed by atoms with E-state index < -0.39 is 11.6 Å². The Hall–Kier alpha value is -1.79. The molecule has 2 rings (SSSR count). The van der Waals surface area contributed by atoms with E-state index in [1.807, 2.05) is 0 Å². The fourth-order valence-corrected chi connectivity index (χ4v) is 1.70. The standard InChI is InChI=1S/C12H13F2N3O/c13-9-2-1-3-10(14)11(9)12-8(7-16-17-12)6-15-4-5-18/h1-3,7,15,18H,4-6H2,(H,16,17). The second-order valence-electron chi connectivity index (χ2n) is 3.77. The number of nitrogens with one attached hydrogen (secondary N) is 2. The first-order valence-electron chi connectivity index (χ1n) is 5.52. The van der Waals surface area contributed by atoms with E-state index in [1.54, 1.807) is 0 Å². The van der Waals surface area contributed by atoms with Crippen molar-refractivity contribution in [3.8, 4) is 11.3 Å². The summed E-state index contributed by atoms with van der Waals surface area (Å²) in [6.07, 6.45) is 1.51. The lowest BCUT2D eigenvalue weighted by Gasteiger charge is -2.06. The van der Waals surface area contributed by atoms with Crippen molar-refractivity contribution in [2.75, 3.05) is 13.2 Å². The highest BCUT2D eigenvalue weighted by Crippen LogP contribution is 2.26. The summed E-state index contributed by atoms with van der Waals surface area (Å²) in [6.45, 7) is 0.784. The fraction of sp³-hybridized carbons (Fsp3) is 0.250. The zero-order valence-electron chi connectivity index (χ0n) is 9.58. The van der Waals surface area contributed by atoms with Crippen LogP contribution in [0.25, 0.3) is 11.3 Å². The molecule has 3 N–H and O–H groups in total. The summed E-state index contributed by atoms with van der Waals surface area (Å²) in [4.78, 5) is 0. The van der Waals surface area contributed by atoms with Crippen molar-refractivity contribution in [3.63, 3.8) is 0 Å². The quantitative estimate of drug-likeness (QED) is 0.706. The first-order chi connectivity index (χ1) is 8.74. The van der Waals surface area contributed by atoms with E-state index in [9.17, 15) is 8.78 Å². The zero-order valence-corrected chi connectivity index (χ0v) is 9.58. The molecule has 1 aromatic heterocycles. The van der Waals surface area contributed by atoms with Gasteiger partial charge in [0.15, 0.2) is 0 Å². The van der Waals surface area contributed by atoms with Gasteiger partial charge in [-0.1, -0.05) is 6.07 Å². The number of H-pyrrole nitrogens is 1. The fourth-order valence-electron chi connectivity index (χ4n) is 1.70. The first-order valence-corrected chi connectivity index (χ1v) is 5.52. The molecule has 2 aromatic rings. The van der Waals surface area contributed by atoms with E-state index in [0.717, 1.165) is 0 Å². The van der Waals surface area contributed by atoms with Crippen molar-refractivity contribution >= 4 is 0 Å². The van der Waals surface area contributed by atoms with Gasteiger partial charge in [0.1, 0.15) is 11.6 Å². The minimum absolute atomic E-state index is 0.00123. The molecule has 1 aromatic carbocycles. The molecule has 0 bridgehead atoms. The minimum atomic E-state index is -0.636. The largest absolute Gasteiger partial charge is 0.395 e. The van der Waals surface area contributed by atoms with Gasteiger partial charge in [0.25, 0.3) is 0 Å². The van der Waals surface area contributed by atoms with Gasteiger partial charge in [-0.15, -0.1) is 0 Å². The number of rotatable bonds is 5. The Bertz CT molecular complexity index is 508. The number of aromatic nitrogens is 2. The number of hydrogen-bond donors (Lipinski definition) is 3. The molecule has 0 aliphatic rings. The molecule has 0 fully saturated rings. The zero-order chi connectivity index (χ0) is 13.0. The highest BCUT2D eigenvalue weighted by molar-refractivity contribution is 5.64. The van der Waals surface area contributed by atoms with Gasteiger partial charge in [-0.25, -0.2) is 8.78 Å². The van der Waals surface area contributed by atoms with Crippen LogP contribution in [-0.2, 0) is 6.54 Å². The second-order valence-corrected chi connectivity index (χ2v) is 3.77. The third kappa shape index (κ3) is 2.55. The summed E-state index contributed by atoms with van der Waals surface area (Å²) in [5, 5.41) is 18.0. The van der Waals surface area contributed by atoms with Crippen LogP contribution in [0, 0.1) is 11.6 Å². The van der Waals surface area contributed by atoms with Crippen LogP contribution in [0.1, 0.15) is 5.56 Å². The van der Waals surface area contributed by atoms with Crippen LogP contribution in [0.5, 0.6) is 0 Å². The van der Waals surface area contributed by atoms with Crippen molar-refractivity contribution in [2.45, 2.75) is 6.54 Å². The van der Waals surface area contributed by atoms with Crippen LogP contribution in [0.15, 0.2) is 24.4 Å². The monoisotopic (exact) mass is 253 g/mol. The number of nitrogens with zero attached hydrogens (tertiary/aromatic N) is 1. The van der Waals surface area contributed by atoms with Crippen molar-refractivity contribution < 1.29 is 13.9 Å². The molecule has 0 aliphatic carbocycles. The van der Waals surface area contributed by atoms with E-state index in [1.165, 1.54) is 24.4 Å². The molecule has 0 radical (unpaired) electrons. The second kappa shape index (κ2) is 5.70. The van der Waals surface area contributed by atoms with Gasteiger partial charge in [0.05, 0.1) is 24.1 Å². The van der Waals surface area contributed by atoms with Gasteiger partial charge in [-0.3, -0.25) is 5.10 Å². The molecule has 96 valence electrons. The summed E-state index contributed by atoms with van der Waals surface area (Å²) in [5.74, 6) is -1.27. The number of aromatic amines is 1. The summed E-state index contributed by atoms with van der Waals surface area (Å²) >= 11 is 0. The SMILES string of the molecule is OCCNCc1cn[nH]c1-c1c(F)cccc1F. The van der Waals surface area contributed by atoms with E-state index >= 15 is 0 Å². The molecule has 6 heteroatoms. The molecule has 1 heterocycles. The maximum atomic E-state index is 13.6. The number of benzene rings is 1. The Balaban J connectivity index is 2.31. The molecule has 0 unspecified atom stereocenters. The predicted octanol–water partition coefficient (Wildman–Crippen LogP) is 1.44. The van der Waals surface area contributed by atoms with E-state index in [2.05, 4.69) is 15.5 Å². The van der Waals surface area contributed by atoms with Crippen molar-refractivity contribution in [1.82, 2.24) is 15.5 Å². The average Bonchev–Trinajstić information content (AvgIpc) is 2.78. The van der Waals surface area contributed by atoms with Crippen LogP contribution in [0.2, 0.25) is 0 Å². The maximum Gasteiger partial charge on any atom is 0.135 e. The molecular weight excluding hydrogens is 240 g/mol. The van der Waals surface area contributed by atoms with Crippen LogP contribution in [0.4, 0.5) is 8.78 Å². The van der Waals surface area contributed by atoms with E-state index in [-0.39, 0.29) is 12.2 Å². The Morgan fingerprint density at radius 2 is 2.00 bits per heavy atom.